The molecule has 116 valence electrons. The third kappa shape index (κ3) is 3.60. The van der Waals surface area contributed by atoms with E-state index in [2.05, 4.69) is 15.6 Å². The SMILES string of the molecule is C/C(=N/N=c1\scc(-c2ccc(Cl)cc2)n1C)c1ccccc1. The molecule has 1 aromatic heterocycles. The number of hydrogen-bond donors (Lipinski definition) is 0. The highest BCUT2D eigenvalue weighted by molar-refractivity contribution is 7.07. The van der Waals surface area contributed by atoms with E-state index in [1.807, 2.05) is 73.1 Å². The molecule has 0 saturated carbocycles. The van der Waals surface area contributed by atoms with Gasteiger partial charge in [0.1, 0.15) is 0 Å². The Morgan fingerprint density at radius 3 is 2.43 bits per heavy atom. The van der Waals surface area contributed by atoms with Crippen molar-refractivity contribution < 1.29 is 0 Å². The Morgan fingerprint density at radius 1 is 1.04 bits per heavy atom. The summed E-state index contributed by atoms with van der Waals surface area (Å²) in [5.41, 5.74) is 4.18. The monoisotopic (exact) mass is 341 g/mol. The molecule has 0 amide bonds. The highest BCUT2D eigenvalue weighted by atomic mass is 35.5. The fourth-order valence-electron chi connectivity index (χ4n) is 2.20. The normalized spacial score (nSPS) is 12.7. The van der Waals surface area contributed by atoms with E-state index in [1.165, 1.54) is 0 Å². The van der Waals surface area contributed by atoms with Crippen LogP contribution in [0.3, 0.4) is 0 Å². The Morgan fingerprint density at radius 2 is 1.74 bits per heavy atom. The second-order valence-corrected chi connectivity index (χ2v) is 6.39. The highest BCUT2D eigenvalue weighted by Crippen LogP contribution is 2.21. The van der Waals surface area contributed by atoms with Crippen molar-refractivity contribution in [2.24, 2.45) is 17.3 Å². The van der Waals surface area contributed by atoms with Gasteiger partial charge in [-0.2, -0.15) is 5.10 Å². The van der Waals surface area contributed by atoms with Gasteiger partial charge in [-0.3, -0.25) is 0 Å². The van der Waals surface area contributed by atoms with Crippen LogP contribution >= 0.6 is 22.9 Å². The zero-order valence-electron chi connectivity index (χ0n) is 12.9. The smallest absolute Gasteiger partial charge is 0.210 e. The second kappa shape index (κ2) is 6.94. The predicted molar refractivity (Wildman–Crippen MR) is 98.0 cm³/mol. The van der Waals surface area contributed by atoms with Gasteiger partial charge in [-0.1, -0.05) is 54.1 Å². The standard InChI is InChI=1S/C18H16ClN3S/c1-13(14-6-4-3-5-7-14)20-21-18-22(2)17(12-23-18)15-8-10-16(19)11-9-15/h3-12H,1-2H3/b20-13-,21-18-. The van der Waals surface area contributed by atoms with Crippen LogP contribution in [0.4, 0.5) is 0 Å². The first-order valence-electron chi connectivity index (χ1n) is 7.19. The lowest BCUT2D eigenvalue weighted by Crippen LogP contribution is -2.11. The van der Waals surface area contributed by atoms with E-state index in [4.69, 9.17) is 11.6 Å². The fourth-order valence-corrected chi connectivity index (χ4v) is 3.18. The zero-order chi connectivity index (χ0) is 16.2. The first kappa shape index (κ1) is 15.7. The van der Waals surface area contributed by atoms with Crippen LogP contribution in [0.1, 0.15) is 12.5 Å². The van der Waals surface area contributed by atoms with Gasteiger partial charge in [-0.15, -0.1) is 16.4 Å². The number of benzene rings is 2. The van der Waals surface area contributed by atoms with Crippen molar-refractivity contribution in [3.05, 3.63) is 75.4 Å². The van der Waals surface area contributed by atoms with Crippen LogP contribution in [0, 0.1) is 0 Å². The van der Waals surface area contributed by atoms with Crippen molar-refractivity contribution >= 4 is 28.6 Å². The molecule has 0 spiro atoms. The molecule has 0 radical (unpaired) electrons. The van der Waals surface area contributed by atoms with E-state index in [-0.39, 0.29) is 0 Å². The summed E-state index contributed by atoms with van der Waals surface area (Å²) in [6.07, 6.45) is 0. The van der Waals surface area contributed by atoms with E-state index < -0.39 is 0 Å². The zero-order valence-corrected chi connectivity index (χ0v) is 14.5. The van der Waals surface area contributed by atoms with Crippen LogP contribution in [-0.2, 0) is 7.05 Å². The molecular weight excluding hydrogens is 326 g/mol. The Hall–Kier alpha value is -2.17. The fraction of sp³-hybridized carbons (Fsp3) is 0.111. The molecule has 23 heavy (non-hydrogen) atoms. The first-order valence-corrected chi connectivity index (χ1v) is 8.45. The maximum atomic E-state index is 5.95. The number of halogens is 1. The van der Waals surface area contributed by atoms with Crippen molar-refractivity contribution in [1.29, 1.82) is 0 Å². The number of nitrogens with zero attached hydrogens (tertiary/aromatic N) is 3. The summed E-state index contributed by atoms with van der Waals surface area (Å²) in [4.78, 5) is 0.852. The van der Waals surface area contributed by atoms with Crippen molar-refractivity contribution in [1.82, 2.24) is 4.57 Å². The lowest BCUT2D eigenvalue weighted by molar-refractivity contribution is 0.863. The summed E-state index contributed by atoms with van der Waals surface area (Å²) < 4.78 is 2.04. The predicted octanol–water partition coefficient (Wildman–Crippen LogP) is 4.73. The molecule has 3 rings (SSSR count). The maximum Gasteiger partial charge on any atom is 0.210 e. The molecule has 1 heterocycles. The molecule has 0 unspecified atom stereocenters. The minimum Gasteiger partial charge on any atom is -0.318 e. The van der Waals surface area contributed by atoms with Crippen LogP contribution in [-0.4, -0.2) is 10.3 Å². The van der Waals surface area contributed by atoms with Gasteiger partial charge in [0.05, 0.1) is 11.4 Å². The van der Waals surface area contributed by atoms with Crippen LogP contribution in [0.5, 0.6) is 0 Å². The molecule has 0 bridgehead atoms. The van der Waals surface area contributed by atoms with E-state index >= 15 is 0 Å². The van der Waals surface area contributed by atoms with E-state index in [1.54, 1.807) is 11.3 Å². The minimum absolute atomic E-state index is 0.736. The molecule has 0 aliphatic rings. The summed E-state index contributed by atoms with van der Waals surface area (Å²) in [7, 11) is 1.99. The van der Waals surface area contributed by atoms with Gasteiger partial charge in [0.25, 0.3) is 0 Å². The summed E-state index contributed by atoms with van der Waals surface area (Å²) in [6.45, 7) is 1.96. The molecule has 0 saturated heterocycles. The average molecular weight is 342 g/mol. The van der Waals surface area contributed by atoms with E-state index in [0.717, 1.165) is 32.4 Å². The first-order chi connectivity index (χ1) is 11.1. The van der Waals surface area contributed by atoms with Gasteiger partial charge >= 0.3 is 0 Å². The van der Waals surface area contributed by atoms with Crippen molar-refractivity contribution in [2.75, 3.05) is 0 Å². The van der Waals surface area contributed by atoms with E-state index in [0.29, 0.717) is 0 Å². The van der Waals surface area contributed by atoms with Gasteiger partial charge < -0.3 is 4.57 Å². The van der Waals surface area contributed by atoms with E-state index in [9.17, 15) is 0 Å². The molecule has 0 aliphatic carbocycles. The van der Waals surface area contributed by atoms with Gasteiger partial charge in [-0.25, -0.2) is 0 Å². The number of hydrogen-bond acceptors (Lipinski definition) is 3. The quantitative estimate of drug-likeness (QED) is 0.487. The second-order valence-electron chi connectivity index (χ2n) is 5.12. The van der Waals surface area contributed by atoms with Gasteiger partial charge in [0.2, 0.25) is 4.80 Å². The van der Waals surface area contributed by atoms with Crippen LogP contribution in [0.25, 0.3) is 11.3 Å². The summed E-state index contributed by atoms with van der Waals surface area (Å²) >= 11 is 7.52. The highest BCUT2D eigenvalue weighted by Gasteiger charge is 2.04. The molecule has 0 N–H and O–H groups in total. The molecule has 2 aromatic carbocycles. The van der Waals surface area contributed by atoms with Gasteiger partial charge in [0, 0.05) is 17.5 Å². The Balaban J connectivity index is 1.94. The molecule has 0 aliphatic heterocycles. The molecule has 3 aromatic rings. The third-order valence-corrected chi connectivity index (χ3v) is 4.70. The van der Waals surface area contributed by atoms with Crippen molar-refractivity contribution in [3.8, 4) is 11.3 Å². The van der Waals surface area contributed by atoms with Crippen LogP contribution < -0.4 is 4.80 Å². The number of thiazole rings is 1. The summed E-state index contributed by atoms with van der Waals surface area (Å²) in [5.74, 6) is 0. The molecule has 5 heteroatoms. The lowest BCUT2D eigenvalue weighted by atomic mass is 10.1. The van der Waals surface area contributed by atoms with Gasteiger partial charge in [0.15, 0.2) is 0 Å². The molecule has 3 nitrogen and oxygen atoms in total. The van der Waals surface area contributed by atoms with Crippen molar-refractivity contribution in [3.63, 3.8) is 0 Å². The summed E-state index contributed by atoms with van der Waals surface area (Å²) in [6, 6.07) is 17.8. The molecule has 0 fully saturated rings. The maximum absolute atomic E-state index is 5.95. The minimum atomic E-state index is 0.736. The number of rotatable bonds is 3. The molecular formula is C18H16ClN3S. The number of aromatic nitrogens is 1. The largest absolute Gasteiger partial charge is 0.318 e. The average Bonchev–Trinajstić information content (AvgIpc) is 2.95. The van der Waals surface area contributed by atoms with Gasteiger partial charge in [-0.05, 0) is 30.2 Å². The Labute approximate surface area is 144 Å². The Bertz CT molecular complexity index is 890. The lowest BCUT2D eigenvalue weighted by Gasteiger charge is -2.02. The topological polar surface area (TPSA) is 29.6 Å². The van der Waals surface area contributed by atoms with Crippen LogP contribution in [0.2, 0.25) is 5.02 Å². The Kier molecular flexibility index (Phi) is 4.74. The summed E-state index contributed by atoms with van der Waals surface area (Å²) in [5, 5.41) is 11.6. The third-order valence-electron chi connectivity index (χ3n) is 3.54. The molecule has 0 atom stereocenters. The van der Waals surface area contributed by atoms with Crippen molar-refractivity contribution in [2.45, 2.75) is 6.92 Å². The van der Waals surface area contributed by atoms with Crippen LogP contribution in [0.15, 0.2) is 70.2 Å².